The van der Waals surface area contributed by atoms with E-state index < -0.39 is 0 Å². The van der Waals surface area contributed by atoms with Crippen molar-refractivity contribution in [1.29, 1.82) is 0 Å². The smallest absolute Gasteiger partial charge is 0.322 e. The van der Waals surface area contributed by atoms with Crippen LogP contribution in [0.5, 0.6) is 0 Å². The van der Waals surface area contributed by atoms with Crippen molar-refractivity contribution in [3.63, 3.8) is 0 Å². The van der Waals surface area contributed by atoms with Gasteiger partial charge in [0.05, 0.1) is 6.29 Å². The summed E-state index contributed by atoms with van der Waals surface area (Å²) in [6.45, 7) is 3.73. The van der Waals surface area contributed by atoms with Gasteiger partial charge in [0.15, 0.2) is 0 Å². The predicted octanol–water partition coefficient (Wildman–Crippen LogP) is 1.04. The number of aldehydes is 1. The molecule has 0 aromatic carbocycles. The van der Waals surface area contributed by atoms with Gasteiger partial charge in [-0.25, -0.2) is 0 Å². The average Bonchev–Trinajstić information content (AvgIpc) is 1.65. The zero-order chi connectivity index (χ0) is 4.99. The van der Waals surface area contributed by atoms with Gasteiger partial charge >= 0.3 is 21.1 Å². The molecule has 0 fully saturated rings. The molecule has 2 heteroatoms. The molecule has 0 bridgehead atoms. The van der Waals surface area contributed by atoms with Crippen LogP contribution >= 0.6 is 0 Å². The summed E-state index contributed by atoms with van der Waals surface area (Å²) in [5.74, 6) is 0.130. The SMILES string of the molecule is C[CH-]C(C)C=O.[W+2]. The Morgan fingerprint density at radius 2 is 2.14 bits per heavy atom. The molecule has 0 aliphatic carbocycles. The maximum absolute atomic E-state index is 9.70. The minimum atomic E-state index is 0. The van der Waals surface area contributed by atoms with Crippen LogP contribution in [0.25, 0.3) is 0 Å². The van der Waals surface area contributed by atoms with Gasteiger partial charge in [-0.1, -0.05) is 6.92 Å². The second-order valence-corrected chi connectivity index (χ2v) is 1.33. The molecule has 0 radical (unpaired) electrons. The van der Waals surface area contributed by atoms with Crippen molar-refractivity contribution in [2.45, 2.75) is 13.8 Å². The molecule has 0 N–H and O–H groups in total. The molecule has 1 unspecified atom stereocenters. The summed E-state index contributed by atoms with van der Waals surface area (Å²) >= 11 is 0. The molecule has 7 heavy (non-hydrogen) atoms. The molecular formula is C5H9OW+. The molecule has 1 nitrogen and oxygen atoms in total. The van der Waals surface area contributed by atoms with E-state index in [9.17, 15) is 4.79 Å². The Bertz CT molecular complexity index is 45.3. The monoisotopic (exact) mass is 269 g/mol. The second kappa shape index (κ2) is 6.36. The van der Waals surface area contributed by atoms with Crippen molar-refractivity contribution >= 4 is 6.29 Å². The first kappa shape index (κ1) is 10.4. The van der Waals surface area contributed by atoms with Gasteiger partial charge in [0.1, 0.15) is 0 Å². The van der Waals surface area contributed by atoms with Crippen molar-refractivity contribution in [2.24, 2.45) is 5.92 Å². The normalized spacial score (nSPS) is 11.7. The first-order valence-electron chi connectivity index (χ1n) is 2.06. The Morgan fingerprint density at radius 1 is 1.71 bits per heavy atom. The number of hydrogen-bond donors (Lipinski definition) is 0. The van der Waals surface area contributed by atoms with Crippen molar-refractivity contribution in [3.8, 4) is 0 Å². The molecule has 0 saturated carbocycles. The van der Waals surface area contributed by atoms with E-state index >= 15 is 0 Å². The molecule has 40 valence electrons. The fourth-order valence-corrected chi connectivity index (χ4v) is 0.0786. The largest absolute Gasteiger partial charge is 2.00 e. The van der Waals surface area contributed by atoms with Crippen LogP contribution in [-0.2, 0) is 25.9 Å². The minimum absolute atomic E-state index is 0. The number of hydrogen-bond acceptors (Lipinski definition) is 1. The number of carbonyl (C=O) groups excluding carboxylic acids is 1. The molecule has 0 amide bonds. The van der Waals surface area contributed by atoms with Crippen LogP contribution in [0.1, 0.15) is 13.8 Å². The minimum Gasteiger partial charge on any atom is -0.322 e. The summed E-state index contributed by atoms with van der Waals surface area (Å²) < 4.78 is 0. The molecule has 0 aromatic rings. The summed E-state index contributed by atoms with van der Waals surface area (Å²) in [5, 5.41) is 0. The quantitative estimate of drug-likeness (QED) is 0.540. The number of carbonyl (C=O) groups is 1. The standard InChI is InChI=1S/C5H9O.W/c1-3-5(2)4-6;/h3-5H,1-2H3;/q-1;+2. The third-order valence-electron chi connectivity index (χ3n) is 0.740. The first-order chi connectivity index (χ1) is 2.81. The van der Waals surface area contributed by atoms with Crippen LogP contribution in [0.3, 0.4) is 0 Å². The Kier molecular flexibility index (Phi) is 9.41. The summed E-state index contributed by atoms with van der Waals surface area (Å²) in [6.07, 6.45) is 2.77. The van der Waals surface area contributed by atoms with E-state index in [0.717, 1.165) is 6.29 Å². The Balaban J connectivity index is 0. The van der Waals surface area contributed by atoms with Crippen molar-refractivity contribution in [2.75, 3.05) is 0 Å². The van der Waals surface area contributed by atoms with Gasteiger partial charge in [-0.3, -0.25) is 0 Å². The molecule has 0 rings (SSSR count). The van der Waals surface area contributed by atoms with E-state index in [0.29, 0.717) is 0 Å². The number of rotatable bonds is 2. The topological polar surface area (TPSA) is 17.1 Å². The van der Waals surface area contributed by atoms with Crippen LogP contribution < -0.4 is 0 Å². The zero-order valence-electron chi connectivity index (χ0n) is 4.55. The van der Waals surface area contributed by atoms with E-state index in [4.69, 9.17) is 0 Å². The molecule has 0 spiro atoms. The molecule has 0 heterocycles. The van der Waals surface area contributed by atoms with Gasteiger partial charge in [-0.05, 0) is 0 Å². The predicted molar refractivity (Wildman–Crippen MR) is 25.2 cm³/mol. The summed E-state index contributed by atoms with van der Waals surface area (Å²) in [5.41, 5.74) is 0. The Morgan fingerprint density at radius 3 is 2.14 bits per heavy atom. The molecule has 0 aromatic heterocycles. The van der Waals surface area contributed by atoms with E-state index in [1.54, 1.807) is 0 Å². The van der Waals surface area contributed by atoms with Crippen molar-refractivity contribution in [3.05, 3.63) is 6.42 Å². The molecule has 0 saturated heterocycles. The van der Waals surface area contributed by atoms with Crippen LogP contribution in [0, 0.1) is 12.3 Å². The summed E-state index contributed by atoms with van der Waals surface area (Å²) in [4.78, 5) is 9.70. The van der Waals surface area contributed by atoms with E-state index in [-0.39, 0.29) is 27.0 Å². The Labute approximate surface area is 58.7 Å². The third-order valence-corrected chi connectivity index (χ3v) is 0.740. The maximum atomic E-state index is 9.70. The van der Waals surface area contributed by atoms with Gasteiger partial charge in [-0.2, -0.15) is 6.92 Å². The summed E-state index contributed by atoms with van der Waals surface area (Å²) in [6, 6.07) is 0. The van der Waals surface area contributed by atoms with Gasteiger partial charge < -0.3 is 11.2 Å². The molecule has 0 aliphatic heterocycles. The van der Waals surface area contributed by atoms with Crippen LogP contribution in [0.4, 0.5) is 0 Å². The van der Waals surface area contributed by atoms with Crippen LogP contribution in [-0.4, -0.2) is 6.29 Å². The van der Waals surface area contributed by atoms with Crippen molar-refractivity contribution in [1.82, 2.24) is 0 Å². The van der Waals surface area contributed by atoms with Crippen molar-refractivity contribution < 1.29 is 25.9 Å². The van der Waals surface area contributed by atoms with Gasteiger partial charge in [0.25, 0.3) is 0 Å². The van der Waals surface area contributed by atoms with E-state index in [1.807, 2.05) is 20.3 Å². The maximum Gasteiger partial charge on any atom is 2.00 e. The molecule has 1 atom stereocenters. The van der Waals surface area contributed by atoms with Gasteiger partial charge in [0, 0.05) is 0 Å². The third kappa shape index (κ3) is 6.36. The zero-order valence-corrected chi connectivity index (χ0v) is 7.48. The van der Waals surface area contributed by atoms with E-state index in [1.165, 1.54) is 0 Å². The van der Waals surface area contributed by atoms with Crippen LogP contribution in [0.2, 0.25) is 0 Å². The molecular weight excluding hydrogens is 260 g/mol. The van der Waals surface area contributed by atoms with Crippen LogP contribution in [0.15, 0.2) is 0 Å². The second-order valence-electron chi connectivity index (χ2n) is 1.33. The summed E-state index contributed by atoms with van der Waals surface area (Å²) in [7, 11) is 0. The average molecular weight is 269 g/mol. The molecule has 0 aliphatic rings. The van der Waals surface area contributed by atoms with E-state index in [2.05, 4.69) is 0 Å². The first-order valence-corrected chi connectivity index (χ1v) is 2.06. The van der Waals surface area contributed by atoms with Gasteiger partial charge in [0.2, 0.25) is 0 Å². The fourth-order valence-electron chi connectivity index (χ4n) is 0.0786. The Hall–Kier alpha value is 0.358. The fraction of sp³-hybridized carbons (Fsp3) is 0.600. The van der Waals surface area contributed by atoms with Gasteiger partial charge in [-0.15, -0.1) is 5.92 Å².